The molecule has 1 aliphatic carbocycles. The Morgan fingerprint density at radius 1 is 1.23 bits per heavy atom. The molecule has 1 aromatic carbocycles. The van der Waals surface area contributed by atoms with Gasteiger partial charge in [0.25, 0.3) is 0 Å². The van der Waals surface area contributed by atoms with Crippen molar-refractivity contribution >= 4 is 15.9 Å². The molecule has 0 bridgehead atoms. The van der Waals surface area contributed by atoms with E-state index in [1.807, 2.05) is 44.3 Å². The van der Waals surface area contributed by atoms with Gasteiger partial charge in [-0.2, -0.15) is 0 Å². The van der Waals surface area contributed by atoms with Crippen molar-refractivity contribution in [2.75, 3.05) is 19.3 Å². The van der Waals surface area contributed by atoms with Gasteiger partial charge in [-0.05, 0) is 49.0 Å². The first-order valence-electron chi connectivity index (χ1n) is 11.1. The fourth-order valence-corrected chi connectivity index (χ4v) is 5.51. The van der Waals surface area contributed by atoms with Crippen LogP contribution in [0.4, 0.5) is 0 Å². The minimum atomic E-state index is -3.21. The first kappa shape index (κ1) is 24.6. The van der Waals surface area contributed by atoms with E-state index in [2.05, 4.69) is 31.6 Å². The lowest BCUT2D eigenvalue weighted by Gasteiger charge is -2.37. The minimum absolute atomic E-state index is 0.154. The van der Waals surface area contributed by atoms with Gasteiger partial charge < -0.3 is 4.90 Å². The predicted molar refractivity (Wildman–Crippen MR) is 123 cm³/mol. The summed E-state index contributed by atoms with van der Waals surface area (Å²) in [5, 5.41) is 0. The van der Waals surface area contributed by atoms with Gasteiger partial charge in [0.05, 0.1) is 5.75 Å². The molecule has 0 unspecified atom stereocenters. The molecule has 0 aromatic heterocycles. The third-order valence-electron chi connectivity index (χ3n) is 6.20. The number of hydrogen-bond acceptors (Lipinski definition) is 3. The second-order valence-corrected chi connectivity index (χ2v) is 10.9. The highest BCUT2D eigenvalue weighted by molar-refractivity contribution is 7.89. The third-order valence-corrected chi connectivity index (χ3v) is 7.76. The zero-order chi connectivity index (χ0) is 22.3. The fraction of sp³-hybridized carbons (Fsp3) is 0.625. The predicted octanol–water partition coefficient (Wildman–Crippen LogP) is 4.22. The summed E-state index contributed by atoms with van der Waals surface area (Å²) < 4.78 is 27.0. The highest BCUT2D eigenvalue weighted by atomic mass is 32.2. The van der Waals surface area contributed by atoms with Gasteiger partial charge in [0.1, 0.15) is 0 Å². The van der Waals surface area contributed by atoms with Gasteiger partial charge in [-0.25, -0.2) is 13.1 Å². The van der Waals surface area contributed by atoms with E-state index < -0.39 is 10.0 Å². The largest absolute Gasteiger partial charge is 0.341 e. The lowest BCUT2D eigenvalue weighted by atomic mass is 9.70. The topological polar surface area (TPSA) is 66.5 Å². The van der Waals surface area contributed by atoms with E-state index in [-0.39, 0.29) is 23.5 Å². The number of nitrogens with one attached hydrogen (secondary N) is 1. The van der Waals surface area contributed by atoms with Crippen LogP contribution >= 0.6 is 0 Å². The highest BCUT2D eigenvalue weighted by Crippen LogP contribution is 2.39. The molecule has 0 saturated heterocycles. The summed E-state index contributed by atoms with van der Waals surface area (Å²) in [6, 6.07) is 10.0. The number of carbonyl (C=O) groups is 1. The molecule has 5 nitrogen and oxygen atoms in total. The summed E-state index contributed by atoms with van der Waals surface area (Å²) in [5.74, 6) is 1.49. The van der Waals surface area contributed by atoms with Gasteiger partial charge in [-0.15, -0.1) is 0 Å². The van der Waals surface area contributed by atoms with Crippen molar-refractivity contribution in [3.63, 3.8) is 0 Å². The minimum Gasteiger partial charge on any atom is -0.341 e. The van der Waals surface area contributed by atoms with Crippen LogP contribution in [0.5, 0.6) is 0 Å². The number of amides is 1. The van der Waals surface area contributed by atoms with E-state index >= 15 is 0 Å². The van der Waals surface area contributed by atoms with Crippen LogP contribution in [0.15, 0.2) is 42.0 Å². The van der Waals surface area contributed by atoms with Crippen molar-refractivity contribution in [2.24, 2.45) is 23.7 Å². The van der Waals surface area contributed by atoms with Crippen LogP contribution in [0.1, 0.15) is 52.5 Å². The maximum absolute atomic E-state index is 12.9. The maximum atomic E-state index is 12.9. The van der Waals surface area contributed by atoms with Gasteiger partial charge in [-0.1, -0.05) is 62.8 Å². The second-order valence-electron chi connectivity index (χ2n) is 9.02. The fourth-order valence-electron chi connectivity index (χ4n) is 4.38. The Morgan fingerprint density at radius 2 is 1.90 bits per heavy atom. The number of allylic oxidation sites excluding steroid dienone is 1. The smallest absolute Gasteiger partial charge is 0.223 e. The summed E-state index contributed by atoms with van der Waals surface area (Å²) in [7, 11) is -1.35. The Hall–Kier alpha value is -1.66. The Kier molecular flexibility index (Phi) is 9.10. The standard InChI is InChI=1S/C24H38N2O3S/c1-6-12-30(28,29)25-16-22-13-19(4)21(14-23(22)18(2)3)15-24(27)26(5)17-20-10-8-7-9-11-20/h7-11,13,18,21-23,25H,6,12,14-17H2,1-5H3/t21-,22-,23-/m0/s1. The molecule has 1 aromatic rings. The van der Waals surface area contributed by atoms with Crippen molar-refractivity contribution in [1.82, 2.24) is 9.62 Å². The van der Waals surface area contributed by atoms with Crippen molar-refractivity contribution in [1.29, 1.82) is 0 Å². The molecule has 0 heterocycles. The average molecular weight is 435 g/mol. The van der Waals surface area contributed by atoms with Crippen LogP contribution in [0, 0.1) is 23.7 Å². The molecule has 30 heavy (non-hydrogen) atoms. The van der Waals surface area contributed by atoms with Gasteiger partial charge >= 0.3 is 0 Å². The number of carbonyl (C=O) groups excluding carboxylic acids is 1. The molecule has 0 radical (unpaired) electrons. The van der Waals surface area contributed by atoms with Gasteiger partial charge in [-0.3, -0.25) is 4.79 Å². The van der Waals surface area contributed by atoms with Gasteiger partial charge in [0.2, 0.25) is 15.9 Å². The zero-order valence-electron chi connectivity index (χ0n) is 19.1. The van der Waals surface area contributed by atoms with E-state index in [0.29, 0.717) is 37.8 Å². The molecule has 168 valence electrons. The van der Waals surface area contributed by atoms with Crippen molar-refractivity contribution in [3.05, 3.63) is 47.5 Å². The normalized spacial score (nSPS) is 22.1. The van der Waals surface area contributed by atoms with Crippen LogP contribution in [-0.4, -0.2) is 38.6 Å². The summed E-state index contributed by atoms with van der Waals surface area (Å²) in [6.07, 6.45) is 4.25. The average Bonchev–Trinajstić information content (AvgIpc) is 2.68. The number of hydrogen-bond donors (Lipinski definition) is 1. The van der Waals surface area contributed by atoms with Crippen molar-refractivity contribution in [3.8, 4) is 0 Å². The van der Waals surface area contributed by atoms with E-state index in [4.69, 9.17) is 0 Å². The highest BCUT2D eigenvalue weighted by Gasteiger charge is 2.33. The first-order chi connectivity index (χ1) is 14.1. The maximum Gasteiger partial charge on any atom is 0.223 e. The van der Waals surface area contributed by atoms with E-state index in [1.54, 1.807) is 4.90 Å². The molecule has 0 saturated carbocycles. The van der Waals surface area contributed by atoms with Crippen LogP contribution in [0.2, 0.25) is 0 Å². The Labute approximate surface area is 183 Å². The number of nitrogens with zero attached hydrogens (tertiary/aromatic N) is 1. The number of sulfonamides is 1. The van der Waals surface area contributed by atoms with Gasteiger partial charge in [0, 0.05) is 26.6 Å². The molecule has 1 N–H and O–H groups in total. The summed E-state index contributed by atoms with van der Waals surface area (Å²) in [6.45, 7) is 9.39. The van der Waals surface area contributed by atoms with Gasteiger partial charge in [0.15, 0.2) is 0 Å². The quantitative estimate of drug-likeness (QED) is 0.561. The Morgan fingerprint density at radius 3 is 2.50 bits per heavy atom. The molecule has 0 fully saturated rings. The van der Waals surface area contributed by atoms with Crippen LogP contribution in [0.25, 0.3) is 0 Å². The molecule has 1 amide bonds. The molecular formula is C24H38N2O3S. The molecule has 6 heteroatoms. The number of benzene rings is 1. The van der Waals surface area contributed by atoms with Crippen LogP contribution < -0.4 is 4.72 Å². The van der Waals surface area contributed by atoms with Crippen LogP contribution in [-0.2, 0) is 21.4 Å². The third kappa shape index (κ3) is 7.24. The molecule has 0 spiro atoms. The van der Waals surface area contributed by atoms with E-state index in [1.165, 1.54) is 5.57 Å². The SMILES string of the molecule is CCCS(=O)(=O)NC[C@@H]1C=C(C)[C@H](CC(=O)N(C)Cc2ccccc2)C[C@H]1C(C)C. The Bertz CT molecular complexity index is 818. The van der Waals surface area contributed by atoms with Crippen molar-refractivity contribution < 1.29 is 13.2 Å². The molecular weight excluding hydrogens is 396 g/mol. The summed E-state index contributed by atoms with van der Waals surface area (Å²) >= 11 is 0. The first-order valence-corrected chi connectivity index (χ1v) is 12.7. The van der Waals surface area contributed by atoms with E-state index in [9.17, 15) is 13.2 Å². The number of rotatable bonds is 10. The Balaban J connectivity index is 2.03. The van der Waals surface area contributed by atoms with Crippen molar-refractivity contribution in [2.45, 2.75) is 53.5 Å². The summed E-state index contributed by atoms with van der Waals surface area (Å²) in [5.41, 5.74) is 2.33. The lowest BCUT2D eigenvalue weighted by Crippen LogP contribution is -2.38. The van der Waals surface area contributed by atoms with E-state index in [0.717, 1.165) is 12.0 Å². The monoisotopic (exact) mass is 434 g/mol. The molecule has 3 atom stereocenters. The summed E-state index contributed by atoms with van der Waals surface area (Å²) in [4.78, 5) is 14.7. The molecule has 0 aliphatic heterocycles. The lowest BCUT2D eigenvalue weighted by molar-refractivity contribution is -0.131. The zero-order valence-corrected chi connectivity index (χ0v) is 19.9. The molecule has 1 aliphatic rings. The van der Waals surface area contributed by atoms with Crippen LogP contribution in [0.3, 0.4) is 0 Å². The molecule has 2 rings (SSSR count). The second kappa shape index (κ2) is 11.1.